The van der Waals surface area contributed by atoms with Gasteiger partial charge in [0.1, 0.15) is 0 Å². The lowest BCUT2D eigenvalue weighted by molar-refractivity contribution is -0.139. The van der Waals surface area contributed by atoms with Gasteiger partial charge in [0.2, 0.25) is 5.91 Å². The molecule has 0 aromatic heterocycles. The van der Waals surface area contributed by atoms with Crippen molar-refractivity contribution in [3.8, 4) is 0 Å². The standard InChI is InChI=1S/C14H28N4O/c1-12(13-10-15-11-13)14(19)18-8-6-17(7-9-18)5-4-16(2)3/h12-13,15H,4-11H2,1-3H3. The Morgan fingerprint density at radius 3 is 2.37 bits per heavy atom. The van der Waals surface area contributed by atoms with E-state index in [1.807, 2.05) is 0 Å². The van der Waals surface area contributed by atoms with Crippen molar-refractivity contribution in [2.24, 2.45) is 11.8 Å². The zero-order chi connectivity index (χ0) is 13.8. The summed E-state index contributed by atoms with van der Waals surface area (Å²) in [6.45, 7) is 10.2. The van der Waals surface area contributed by atoms with Gasteiger partial charge in [0.05, 0.1) is 0 Å². The number of hydrogen-bond acceptors (Lipinski definition) is 4. The molecule has 1 atom stereocenters. The predicted octanol–water partition coefficient (Wildman–Crippen LogP) is -0.452. The normalized spacial score (nSPS) is 23.5. The topological polar surface area (TPSA) is 38.8 Å². The molecule has 1 N–H and O–H groups in total. The van der Waals surface area contributed by atoms with E-state index >= 15 is 0 Å². The molecule has 2 aliphatic heterocycles. The van der Waals surface area contributed by atoms with Crippen LogP contribution in [0.3, 0.4) is 0 Å². The van der Waals surface area contributed by atoms with Gasteiger partial charge < -0.3 is 15.1 Å². The number of amides is 1. The maximum absolute atomic E-state index is 12.4. The Kier molecular flexibility index (Phi) is 5.19. The van der Waals surface area contributed by atoms with Crippen LogP contribution in [0.1, 0.15) is 6.92 Å². The van der Waals surface area contributed by atoms with Gasteiger partial charge in [0.15, 0.2) is 0 Å². The van der Waals surface area contributed by atoms with Crippen LogP contribution in [0.5, 0.6) is 0 Å². The van der Waals surface area contributed by atoms with Crippen LogP contribution >= 0.6 is 0 Å². The van der Waals surface area contributed by atoms with E-state index in [0.29, 0.717) is 11.8 Å². The molecule has 110 valence electrons. The predicted molar refractivity (Wildman–Crippen MR) is 77.1 cm³/mol. The summed E-state index contributed by atoms with van der Waals surface area (Å²) in [6, 6.07) is 0. The van der Waals surface area contributed by atoms with Gasteiger partial charge >= 0.3 is 0 Å². The van der Waals surface area contributed by atoms with Crippen LogP contribution in [-0.2, 0) is 4.79 Å². The van der Waals surface area contributed by atoms with Crippen LogP contribution in [0.4, 0.5) is 0 Å². The van der Waals surface area contributed by atoms with Gasteiger partial charge in [0, 0.05) is 45.2 Å². The highest BCUT2D eigenvalue weighted by molar-refractivity contribution is 5.79. The fourth-order valence-corrected chi connectivity index (χ4v) is 2.69. The molecular weight excluding hydrogens is 240 g/mol. The average Bonchev–Trinajstić information content (AvgIpc) is 2.34. The molecule has 1 unspecified atom stereocenters. The summed E-state index contributed by atoms with van der Waals surface area (Å²) in [5.74, 6) is 1.10. The number of nitrogens with zero attached hydrogens (tertiary/aromatic N) is 3. The van der Waals surface area contributed by atoms with Crippen molar-refractivity contribution in [3.05, 3.63) is 0 Å². The zero-order valence-corrected chi connectivity index (χ0v) is 12.6. The lowest BCUT2D eigenvalue weighted by Crippen LogP contribution is -2.55. The van der Waals surface area contributed by atoms with Crippen LogP contribution in [0.15, 0.2) is 0 Å². The summed E-state index contributed by atoms with van der Waals surface area (Å²) in [7, 11) is 4.21. The summed E-state index contributed by atoms with van der Waals surface area (Å²) in [5.41, 5.74) is 0. The molecule has 0 saturated carbocycles. The zero-order valence-electron chi connectivity index (χ0n) is 12.6. The number of carbonyl (C=O) groups excluding carboxylic acids is 1. The largest absolute Gasteiger partial charge is 0.340 e. The fourth-order valence-electron chi connectivity index (χ4n) is 2.69. The Balaban J connectivity index is 1.71. The summed E-state index contributed by atoms with van der Waals surface area (Å²) in [5, 5.41) is 3.25. The van der Waals surface area contributed by atoms with Crippen molar-refractivity contribution in [2.75, 3.05) is 66.5 Å². The Morgan fingerprint density at radius 2 is 1.89 bits per heavy atom. The number of carbonyl (C=O) groups is 1. The van der Waals surface area contributed by atoms with E-state index in [4.69, 9.17) is 0 Å². The third-order valence-electron chi connectivity index (χ3n) is 4.46. The van der Waals surface area contributed by atoms with Gasteiger partial charge in [-0.25, -0.2) is 0 Å². The second kappa shape index (κ2) is 6.68. The van der Waals surface area contributed by atoms with Gasteiger partial charge in [-0.15, -0.1) is 0 Å². The minimum atomic E-state index is 0.189. The van der Waals surface area contributed by atoms with Crippen molar-refractivity contribution in [1.29, 1.82) is 0 Å². The molecule has 19 heavy (non-hydrogen) atoms. The van der Waals surface area contributed by atoms with Crippen LogP contribution < -0.4 is 5.32 Å². The van der Waals surface area contributed by atoms with Crippen LogP contribution in [-0.4, -0.2) is 87.1 Å². The number of piperazine rings is 1. The van der Waals surface area contributed by atoms with Crippen molar-refractivity contribution in [1.82, 2.24) is 20.0 Å². The van der Waals surface area contributed by atoms with Crippen LogP contribution in [0.25, 0.3) is 0 Å². The quantitative estimate of drug-likeness (QED) is 0.733. The first-order valence-electron chi connectivity index (χ1n) is 7.44. The molecule has 0 radical (unpaired) electrons. The monoisotopic (exact) mass is 268 g/mol. The molecule has 2 fully saturated rings. The highest BCUT2D eigenvalue weighted by Gasteiger charge is 2.32. The third kappa shape index (κ3) is 3.91. The van der Waals surface area contributed by atoms with E-state index in [1.165, 1.54) is 0 Å². The number of hydrogen-bond donors (Lipinski definition) is 1. The first kappa shape index (κ1) is 14.8. The molecule has 5 heteroatoms. The van der Waals surface area contributed by atoms with Crippen molar-refractivity contribution in [3.63, 3.8) is 0 Å². The Hall–Kier alpha value is -0.650. The Labute approximate surface area is 116 Å². The lowest BCUT2D eigenvalue weighted by atomic mass is 9.88. The summed E-state index contributed by atoms with van der Waals surface area (Å²) in [6.07, 6.45) is 0. The number of likely N-dealkylation sites (N-methyl/N-ethyl adjacent to an activating group) is 1. The maximum Gasteiger partial charge on any atom is 0.225 e. The third-order valence-corrected chi connectivity index (χ3v) is 4.46. The molecule has 2 rings (SSSR count). The highest BCUT2D eigenvalue weighted by atomic mass is 16.2. The molecule has 5 nitrogen and oxygen atoms in total. The number of nitrogens with one attached hydrogen (secondary N) is 1. The average molecular weight is 268 g/mol. The van der Waals surface area contributed by atoms with Crippen LogP contribution in [0, 0.1) is 11.8 Å². The van der Waals surface area contributed by atoms with Gasteiger partial charge in [-0.1, -0.05) is 6.92 Å². The second-order valence-corrected chi connectivity index (χ2v) is 6.18. The molecule has 1 amide bonds. The van der Waals surface area contributed by atoms with E-state index < -0.39 is 0 Å². The molecule has 0 aromatic carbocycles. The first-order chi connectivity index (χ1) is 9.08. The Bertz CT molecular complexity index is 296. The molecule has 2 saturated heterocycles. The smallest absolute Gasteiger partial charge is 0.225 e. The summed E-state index contributed by atoms with van der Waals surface area (Å²) >= 11 is 0. The highest BCUT2D eigenvalue weighted by Crippen LogP contribution is 2.19. The second-order valence-electron chi connectivity index (χ2n) is 6.18. The van der Waals surface area contributed by atoms with Gasteiger partial charge in [0.25, 0.3) is 0 Å². The molecule has 2 aliphatic rings. The van der Waals surface area contributed by atoms with Crippen molar-refractivity contribution < 1.29 is 4.79 Å². The molecule has 0 spiro atoms. The van der Waals surface area contributed by atoms with E-state index in [0.717, 1.165) is 52.4 Å². The fraction of sp³-hybridized carbons (Fsp3) is 0.929. The number of rotatable bonds is 5. The molecule has 0 aromatic rings. The van der Waals surface area contributed by atoms with E-state index in [9.17, 15) is 4.79 Å². The van der Waals surface area contributed by atoms with Crippen molar-refractivity contribution in [2.45, 2.75) is 6.92 Å². The maximum atomic E-state index is 12.4. The van der Waals surface area contributed by atoms with Gasteiger partial charge in [-0.05, 0) is 33.1 Å². The van der Waals surface area contributed by atoms with E-state index in [-0.39, 0.29) is 5.92 Å². The van der Waals surface area contributed by atoms with Crippen LogP contribution in [0.2, 0.25) is 0 Å². The molecular formula is C14H28N4O. The van der Waals surface area contributed by atoms with Gasteiger partial charge in [-0.2, -0.15) is 0 Å². The van der Waals surface area contributed by atoms with Gasteiger partial charge in [-0.3, -0.25) is 9.69 Å². The van der Waals surface area contributed by atoms with Crippen molar-refractivity contribution >= 4 is 5.91 Å². The minimum absolute atomic E-state index is 0.189. The van der Waals surface area contributed by atoms with E-state index in [2.05, 4.69) is 41.0 Å². The Morgan fingerprint density at radius 1 is 1.26 bits per heavy atom. The van der Waals surface area contributed by atoms with E-state index in [1.54, 1.807) is 0 Å². The first-order valence-corrected chi connectivity index (χ1v) is 7.44. The summed E-state index contributed by atoms with van der Waals surface area (Å²) in [4.78, 5) is 19.1. The lowest BCUT2D eigenvalue weighted by Gasteiger charge is -2.39. The SMILES string of the molecule is CC(C(=O)N1CCN(CCN(C)C)CC1)C1CNC1. The molecule has 0 aliphatic carbocycles. The molecule has 2 heterocycles. The minimum Gasteiger partial charge on any atom is -0.340 e. The summed E-state index contributed by atoms with van der Waals surface area (Å²) < 4.78 is 0. The molecule has 0 bridgehead atoms.